The number of nitrogens with zero attached hydrogens (tertiary/aromatic N) is 5. The first kappa shape index (κ1) is 23.4. The van der Waals surface area contributed by atoms with Crippen LogP contribution in [0.3, 0.4) is 0 Å². The van der Waals surface area contributed by atoms with Crippen LogP contribution < -0.4 is 25.2 Å². The van der Waals surface area contributed by atoms with Crippen molar-refractivity contribution < 1.29 is 9.53 Å². The van der Waals surface area contributed by atoms with Crippen LogP contribution in [0.5, 0.6) is 5.75 Å². The van der Waals surface area contributed by atoms with Crippen molar-refractivity contribution in [3.8, 4) is 5.75 Å². The van der Waals surface area contributed by atoms with Crippen LogP contribution in [0.15, 0.2) is 36.7 Å². The maximum atomic E-state index is 12.9. The second kappa shape index (κ2) is 10.1. The molecule has 1 amide bonds. The van der Waals surface area contributed by atoms with E-state index in [1.54, 1.807) is 13.2 Å². The number of nitrogens with one attached hydrogen (secondary N) is 2. The molecule has 1 saturated heterocycles. The van der Waals surface area contributed by atoms with Gasteiger partial charge in [0.15, 0.2) is 5.82 Å². The molecule has 3 aliphatic rings. The molecule has 2 fully saturated rings. The zero-order valence-electron chi connectivity index (χ0n) is 20.7. The minimum atomic E-state index is 0.0214. The van der Waals surface area contributed by atoms with E-state index >= 15 is 0 Å². The van der Waals surface area contributed by atoms with Gasteiger partial charge in [-0.25, -0.2) is 4.98 Å². The number of amides is 1. The molecule has 0 radical (unpaired) electrons. The quantitative estimate of drug-likeness (QED) is 0.678. The normalized spacial score (nSPS) is 18.9. The standard InChI is InChI=1S/C26H35N7O2/c1-18-10-13-33(20-6-4-5-7-20)24-22(31(18)2)17-28-26(30-24)29-21-9-8-19(16-23(21)35-3)25(34)32-14-11-27-12-15-32/h8-9,16-17,20,27H,1,4-7,10-15H2,2-3H3,(H,28,29,30). The van der Waals surface area contributed by atoms with Gasteiger partial charge in [0.05, 0.1) is 19.0 Å². The lowest BCUT2D eigenvalue weighted by atomic mass is 10.1. The van der Waals surface area contributed by atoms with E-state index in [4.69, 9.17) is 9.72 Å². The van der Waals surface area contributed by atoms with Gasteiger partial charge in [0, 0.05) is 63.5 Å². The Hall–Kier alpha value is -3.33. The van der Waals surface area contributed by atoms with Crippen LogP contribution >= 0.6 is 0 Å². The molecule has 2 N–H and O–H groups in total. The molecule has 3 heterocycles. The molecule has 5 rings (SSSR count). The van der Waals surface area contributed by atoms with Crippen molar-refractivity contribution in [2.45, 2.75) is 38.1 Å². The summed E-state index contributed by atoms with van der Waals surface area (Å²) in [6, 6.07) is 5.99. The first-order chi connectivity index (χ1) is 17.0. The molecule has 35 heavy (non-hydrogen) atoms. The predicted octanol–water partition coefficient (Wildman–Crippen LogP) is 3.38. The average molecular weight is 478 g/mol. The SMILES string of the molecule is C=C1CCN(C2CCCC2)c2nc(Nc3ccc(C(=O)N4CCNCC4)cc3OC)ncc2N1C. The summed E-state index contributed by atoms with van der Waals surface area (Å²) in [5.74, 6) is 2.06. The maximum absolute atomic E-state index is 12.9. The topological polar surface area (TPSA) is 85.9 Å². The van der Waals surface area contributed by atoms with Gasteiger partial charge in [0.2, 0.25) is 5.95 Å². The van der Waals surface area contributed by atoms with Crippen LogP contribution in [0.2, 0.25) is 0 Å². The summed E-state index contributed by atoms with van der Waals surface area (Å²) in [5.41, 5.74) is 3.39. The Morgan fingerprint density at radius 3 is 2.71 bits per heavy atom. The van der Waals surface area contributed by atoms with E-state index < -0.39 is 0 Å². The van der Waals surface area contributed by atoms with Gasteiger partial charge in [-0.3, -0.25) is 4.79 Å². The van der Waals surface area contributed by atoms with Gasteiger partial charge in [0.25, 0.3) is 5.91 Å². The molecule has 9 heteroatoms. The molecule has 1 aromatic heterocycles. The third-order valence-corrected chi connectivity index (χ3v) is 7.36. The Bertz CT molecular complexity index is 1090. The fourth-order valence-electron chi connectivity index (χ4n) is 5.24. The van der Waals surface area contributed by atoms with Crippen molar-refractivity contribution in [3.63, 3.8) is 0 Å². The summed E-state index contributed by atoms with van der Waals surface area (Å²) >= 11 is 0. The highest BCUT2D eigenvalue weighted by Crippen LogP contribution is 2.38. The highest BCUT2D eigenvalue weighted by atomic mass is 16.5. The summed E-state index contributed by atoms with van der Waals surface area (Å²) in [6.45, 7) is 8.23. The third-order valence-electron chi connectivity index (χ3n) is 7.36. The molecule has 2 aliphatic heterocycles. The summed E-state index contributed by atoms with van der Waals surface area (Å²) in [6.07, 6.45) is 7.69. The van der Waals surface area contributed by atoms with Gasteiger partial charge < -0.3 is 30.1 Å². The van der Waals surface area contributed by atoms with Crippen LogP contribution in [-0.4, -0.2) is 73.7 Å². The number of carbonyl (C=O) groups excluding carboxylic acids is 1. The molecular formula is C26H35N7O2. The van der Waals surface area contributed by atoms with Gasteiger partial charge in [0.1, 0.15) is 11.4 Å². The first-order valence-electron chi connectivity index (χ1n) is 12.6. The van der Waals surface area contributed by atoms with Gasteiger partial charge in [-0.2, -0.15) is 4.98 Å². The second-order valence-electron chi connectivity index (χ2n) is 9.49. The first-order valence-corrected chi connectivity index (χ1v) is 12.6. The van der Waals surface area contributed by atoms with Crippen molar-refractivity contribution in [1.82, 2.24) is 20.2 Å². The Morgan fingerprint density at radius 1 is 1.20 bits per heavy atom. The molecule has 1 aromatic carbocycles. The van der Waals surface area contributed by atoms with Crippen molar-refractivity contribution in [2.24, 2.45) is 0 Å². The number of fused-ring (bicyclic) bond motifs is 1. The smallest absolute Gasteiger partial charge is 0.254 e. The summed E-state index contributed by atoms with van der Waals surface area (Å²) < 4.78 is 5.63. The molecule has 2 aromatic rings. The van der Waals surface area contributed by atoms with E-state index in [1.807, 2.05) is 30.3 Å². The maximum Gasteiger partial charge on any atom is 0.254 e. The molecular weight excluding hydrogens is 442 g/mol. The molecule has 0 unspecified atom stereocenters. The van der Waals surface area contributed by atoms with Crippen molar-refractivity contribution in [2.75, 3.05) is 62.0 Å². The molecule has 186 valence electrons. The van der Waals surface area contributed by atoms with E-state index in [0.717, 1.165) is 48.9 Å². The molecule has 0 atom stereocenters. The number of piperazine rings is 1. The zero-order valence-corrected chi connectivity index (χ0v) is 20.7. The van der Waals surface area contributed by atoms with Crippen molar-refractivity contribution in [3.05, 3.63) is 42.2 Å². The second-order valence-corrected chi connectivity index (χ2v) is 9.49. The number of hydrogen-bond acceptors (Lipinski definition) is 8. The van der Waals surface area contributed by atoms with Gasteiger partial charge in [-0.15, -0.1) is 0 Å². The van der Waals surface area contributed by atoms with Crippen LogP contribution in [0.25, 0.3) is 0 Å². The highest BCUT2D eigenvalue weighted by Gasteiger charge is 2.30. The Morgan fingerprint density at radius 2 is 1.97 bits per heavy atom. The minimum Gasteiger partial charge on any atom is -0.495 e. The third kappa shape index (κ3) is 4.77. The minimum absolute atomic E-state index is 0.0214. The van der Waals surface area contributed by atoms with Crippen LogP contribution in [0.4, 0.5) is 23.1 Å². The summed E-state index contributed by atoms with van der Waals surface area (Å²) in [5, 5.41) is 6.60. The van der Waals surface area contributed by atoms with Gasteiger partial charge in [-0.1, -0.05) is 19.4 Å². The number of carbonyl (C=O) groups is 1. The zero-order chi connectivity index (χ0) is 24.4. The van der Waals surface area contributed by atoms with E-state index in [-0.39, 0.29) is 5.91 Å². The van der Waals surface area contributed by atoms with Crippen LogP contribution in [0, 0.1) is 0 Å². The van der Waals surface area contributed by atoms with E-state index in [0.29, 0.717) is 36.4 Å². The average Bonchev–Trinajstić information content (AvgIpc) is 3.40. The fourth-order valence-corrected chi connectivity index (χ4v) is 5.24. The largest absolute Gasteiger partial charge is 0.495 e. The number of rotatable bonds is 5. The fraction of sp³-hybridized carbons (Fsp3) is 0.500. The number of hydrogen-bond donors (Lipinski definition) is 2. The highest BCUT2D eigenvalue weighted by molar-refractivity contribution is 5.95. The van der Waals surface area contributed by atoms with Crippen molar-refractivity contribution in [1.29, 1.82) is 0 Å². The number of benzene rings is 1. The number of methoxy groups -OCH3 is 1. The summed E-state index contributed by atoms with van der Waals surface area (Å²) in [7, 11) is 3.65. The van der Waals surface area contributed by atoms with E-state index in [1.165, 1.54) is 25.7 Å². The molecule has 1 saturated carbocycles. The summed E-state index contributed by atoms with van der Waals surface area (Å²) in [4.78, 5) is 28.9. The Kier molecular flexibility index (Phi) is 6.77. The number of anilines is 4. The van der Waals surface area contributed by atoms with E-state index in [9.17, 15) is 4.79 Å². The molecule has 9 nitrogen and oxygen atoms in total. The van der Waals surface area contributed by atoms with Crippen LogP contribution in [-0.2, 0) is 0 Å². The Labute approximate surface area is 207 Å². The lowest BCUT2D eigenvalue weighted by molar-refractivity contribution is 0.0735. The Balaban J connectivity index is 1.42. The van der Waals surface area contributed by atoms with Crippen LogP contribution in [0.1, 0.15) is 42.5 Å². The number of ether oxygens (including phenoxy) is 1. The lowest BCUT2D eigenvalue weighted by Gasteiger charge is -2.30. The van der Waals surface area contributed by atoms with Gasteiger partial charge in [-0.05, 0) is 31.0 Å². The van der Waals surface area contributed by atoms with Crippen molar-refractivity contribution >= 4 is 29.0 Å². The molecule has 0 spiro atoms. The van der Waals surface area contributed by atoms with Gasteiger partial charge >= 0.3 is 0 Å². The number of aromatic nitrogens is 2. The van der Waals surface area contributed by atoms with E-state index in [2.05, 4.69) is 32.0 Å². The molecule has 1 aliphatic carbocycles. The monoisotopic (exact) mass is 477 g/mol. The lowest BCUT2D eigenvalue weighted by Crippen LogP contribution is -2.46. The predicted molar refractivity (Wildman–Crippen MR) is 139 cm³/mol. The molecule has 0 bridgehead atoms.